The van der Waals surface area contributed by atoms with Crippen molar-refractivity contribution in [3.05, 3.63) is 65.2 Å². The first-order valence-corrected chi connectivity index (χ1v) is 9.37. The van der Waals surface area contributed by atoms with Crippen molar-refractivity contribution in [2.24, 2.45) is 0 Å². The molecule has 1 aliphatic rings. The second-order valence-corrected chi connectivity index (χ2v) is 6.91. The molecule has 0 aromatic heterocycles. The first kappa shape index (κ1) is 19.0. The van der Waals surface area contributed by atoms with E-state index in [2.05, 4.69) is 23.1 Å². The fraction of sp³-hybridized carbons (Fsp3) is 0.364. The van der Waals surface area contributed by atoms with Gasteiger partial charge in [0.2, 0.25) is 0 Å². The molecule has 5 nitrogen and oxygen atoms in total. The molecule has 1 fully saturated rings. The fourth-order valence-corrected chi connectivity index (χ4v) is 3.50. The van der Waals surface area contributed by atoms with Gasteiger partial charge in [-0.15, -0.1) is 0 Å². The number of rotatable bonds is 5. The maximum Gasteiger partial charge on any atom is 0.337 e. The van der Waals surface area contributed by atoms with Gasteiger partial charge in [0.25, 0.3) is 5.91 Å². The van der Waals surface area contributed by atoms with Crippen LogP contribution in [0.3, 0.4) is 0 Å². The predicted molar refractivity (Wildman–Crippen MR) is 106 cm³/mol. The van der Waals surface area contributed by atoms with Crippen molar-refractivity contribution in [2.75, 3.05) is 32.1 Å². The molecule has 3 rings (SSSR count). The van der Waals surface area contributed by atoms with Gasteiger partial charge in [-0.2, -0.15) is 0 Å². The minimum atomic E-state index is -0.405. The Morgan fingerprint density at radius 2 is 1.59 bits per heavy atom. The van der Waals surface area contributed by atoms with Crippen LogP contribution in [0.25, 0.3) is 0 Å². The van der Waals surface area contributed by atoms with Crippen molar-refractivity contribution in [3.63, 3.8) is 0 Å². The maximum absolute atomic E-state index is 12.8. The summed E-state index contributed by atoms with van der Waals surface area (Å²) < 4.78 is 4.69. The van der Waals surface area contributed by atoms with Crippen LogP contribution in [0.2, 0.25) is 0 Å². The number of methoxy groups -OCH3 is 1. The van der Waals surface area contributed by atoms with E-state index in [0.29, 0.717) is 17.7 Å². The highest BCUT2D eigenvalue weighted by Gasteiger charge is 2.18. The van der Waals surface area contributed by atoms with Gasteiger partial charge in [0.15, 0.2) is 0 Å². The Bertz CT molecular complexity index is 795. The van der Waals surface area contributed by atoms with Gasteiger partial charge in [-0.1, -0.05) is 18.2 Å². The van der Waals surface area contributed by atoms with E-state index >= 15 is 0 Å². The number of nitrogens with zero attached hydrogens (tertiary/aromatic N) is 2. The normalized spacial score (nSPS) is 13.9. The highest BCUT2D eigenvalue weighted by molar-refractivity contribution is 5.96. The Morgan fingerprint density at radius 1 is 0.963 bits per heavy atom. The largest absolute Gasteiger partial charge is 0.465 e. The van der Waals surface area contributed by atoms with Crippen molar-refractivity contribution in [2.45, 2.75) is 25.8 Å². The zero-order chi connectivity index (χ0) is 19.2. The molecule has 5 heteroatoms. The zero-order valence-corrected chi connectivity index (χ0v) is 16.0. The fourth-order valence-electron chi connectivity index (χ4n) is 3.50. The van der Waals surface area contributed by atoms with Crippen molar-refractivity contribution in [3.8, 4) is 0 Å². The topological polar surface area (TPSA) is 49.9 Å². The molecule has 0 radical (unpaired) electrons. The van der Waals surface area contributed by atoms with Gasteiger partial charge < -0.3 is 14.5 Å². The Kier molecular flexibility index (Phi) is 6.12. The smallest absolute Gasteiger partial charge is 0.337 e. The molecule has 2 aromatic rings. The molecule has 1 aliphatic heterocycles. The van der Waals surface area contributed by atoms with Crippen molar-refractivity contribution in [1.29, 1.82) is 0 Å². The summed E-state index contributed by atoms with van der Waals surface area (Å²) in [6.45, 7) is 2.69. The van der Waals surface area contributed by atoms with E-state index in [4.69, 9.17) is 4.74 Å². The third kappa shape index (κ3) is 4.48. The van der Waals surface area contributed by atoms with Gasteiger partial charge in [-0.05, 0) is 55.2 Å². The lowest BCUT2D eigenvalue weighted by atomic mass is 10.1. The molecule has 2 aromatic carbocycles. The summed E-state index contributed by atoms with van der Waals surface area (Å²) in [5, 5.41) is 0. The molecule has 1 amide bonds. The van der Waals surface area contributed by atoms with Crippen LogP contribution in [0.1, 0.15) is 45.5 Å². The van der Waals surface area contributed by atoms with Crippen LogP contribution in [-0.2, 0) is 11.3 Å². The average Bonchev–Trinajstić information content (AvgIpc) is 2.73. The number of para-hydroxylation sites is 1. The molecule has 0 saturated carbocycles. The number of ether oxygens (including phenoxy) is 1. The minimum absolute atomic E-state index is 0.0696. The van der Waals surface area contributed by atoms with Crippen LogP contribution in [0, 0.1) is 0 Å². The molecule has 1 saturated heterocycles. The van der Waals surface area contributed by atoms with E-state index < -0.39 is 5.97 Å². The van der Waals surface area contributed by atoms with E-state index in [1.807, 2.05) is 13.1 Å². The van der Waals surface area contributed by atoms with E-state index in [0.717, 1.165) is 18.7 Å². The summed E-state index contributed by atoms with van der Waals surface area (Å²) in [4.78, 5) is 28.5. The molecular formula is C22H26N2O3. The van der Waals surface area contributed by atoms with Crippen LogP contribution in [0.4, 0.5) is 5.69 Å². The van der Waals surface area contributed by atoms with Gasteiger partial charge in [0.05, 0.1) is 12.7 Å². The Labute approximate surface area is 160 Å². The van der Waals surface area contributed by atoms with Crippen LogP contribution in [0.15, 0.2) is 48.5 Å². The van der Waals surface area contributed by atoms with Crippen LogP contribution >= 0.6 is 0 Å². The monoisotopic (exact) mass is 366 g/mol. The minimum Gasteiger partial charge on any atom is -0.465 e. The Hall–Kier alpha value is -2.82. The van der Waals surface area contributed by atoms with Crippen molar-refractivity contribution < 1.29 is 14.3 Å². The Balaban J connectivity index is 1.72. The molecule has 0 aliphatic carbocycles. The summed E-state index contributed by atoms with van der Waals surface area (Å²) >= 11 is 0. The predicted octanol–water partition coefficient (Wildman–Crippen LogP) is 3.74. The summed E-state index contributed by atoms with van der Waals surface area (Å²) in [5.74, 6) is -0.474. The molecule has 0 unspecified atom stereocenters. The number of anilines is 1. The number of benzene rings is 2. The van der Waals surface area contributed by atoms with Gasteiger partial charge in [-0.25, -0.2) is 4.79 Å². The standard InChI is InChI=1S/C22H26N2O3/c1-23(21(25)17-10-12-18(13-11-17)22(26)27-2)16-19-8-4-5-9-20(19)24-14-6-3-7-15-24/h4-5,8-13H,3,6-7,14-16H2,1-2H3. The maximum atomic E-state index is 12.8. The highest BCUT2D eigenvalue weighted by atomic mass is 16.5. The Morgan fingerprint density at radius 3 is 2.26 bits per heavy atom. The van der Waals surface area contributed by atoms with Crippen molar-refractivity contribution in [1.82, 2.24) is 4.90 Å². The highest BCUT2D eigenvalue weighted by Crippen LogP contribution is 2.25. The number of piperidine rings is 1. The second-order valence-electron chi connectivity index (χ2n) is 6.91. The number of amides is 1. The molecule has 142 valence electrons. The third-order valence-corrected chi connectivity index (χ3v) is 5.00. The van der Waals surface area contributed by atoms with E-state index in [9.17, 15) is 9.59 Å². The van der Waals surface area contributed by atoms with Gasteiger partial charge in [-0.3, -0.25) is 4.79 Å². The SMILES string of the molecule is COC(=O)c1ccc(C(=O)N(C)Cc2ccccc2N2CCCCC2)cc1. The quantitative estimate of drug-likeness (QED) is 0.757. The summed E-state index contributed by atoms with van der Waals surface area (Å²) in [5.41, 5.74) is 3.37. The molecule has 1 heterocycles. The van der Waals surface area contributed by atoms with Gasteiger partial charge in [0.1, 0.15) is 0 Å². The lowest BCUT2D eigenvalue weighted by molar-refractivity contribution is 0.0600. The molecular weight excluding hydrogens is 340 g/mol. The number of esters is 1. The van der Waals surface area contributed by atoms with E-state index in [-0.39, 0.29) is 5.91 Å². The average molecular weight is 366 g/mol. The van der Waals surface area contributed by atoms with E-state index in [1.54, 1.807) is 29.2 Å². The number of hydrogen-bond acceptors (Lipinski definition) is 4. The number of carbonyl (C=O) groups excluding carboxylic acids is 2. The summed E-state index contributed by atoms with van der Waals surface area (Å²) in [6, 6.07) is 14.9. The number of carbonyl (C=O) groups is 2. The zero-order valence-electron chi connectivity index (χ0n) is 16.0. The van der Waals surface area contributed by atoms with Gasteiger partial charge in [0, 0.05) is 37.9 Å². The molecule has 0 N–H and O–H groups in total. The van der Waals surface area contributed by atoms with Crippen LogP contribution in [-0.4, -0.2) is 44.0 Å². The summed E-state index contributed by atoms with van der Waals surface area (Å²) in [7, 11) is 3.15. The molecule has 27 heavy (non-hydrogen) atoms. The lowest BCUT2D eigenvalue weighted by Gasteiger charge is -2.31. The summed E-state index contributed by atoms with van der Waals surface area (Å²) in [6.07, 6.45) is 3.73. The first-order chi connectivity index (χ1) is 13.1. The van der Waals surface area contributed by atoms with Crippen LogP contribution in [0.5, 0.6) is 0 Å². The molecule has 0 atom stereocenters. The third-order valence-electron chi connectivity index (χ3n) is 5.00. The molecule has 0 bridgehead atoms. The number of hydrogen-bond donors (Lipinski definition) is 0. The second kappa shape index (κ2) is 8.71. The molecule has 0 spiro atoms. The lowest BCUT2D eigenvalue weighted by Crippen LogP contribution is -2.32. The van der Waals surface area contributed by atoms with Crippen molar-refractivity contribution >= 4 is 17.6 Å². The van der Waals surface area contributed by atoms with Gasteiger partial charge >= 0.3 is 5.97 Å². The van der Waals surface area contributed by atoms with E-state index in [1.165, 1.54) is 32.1 Å². The van der Waals surface area contributed by atoms with Crippen LogP contribution < -0.4 is 4.90 Å². The first-order valence-electron chi connectivity index (χ1n) is 9.37.